The van der Waals surface area contributed by atoms with Crippen molar-refractivity contribution < 1.29 is 5.11 Å². The van der Waals surface area contributed by atoms with E-state index in [1.807, 2.05) is 13.1 Å². The van der Waals surface area contributed by atoms with E-state index in [1.54, 1.807) is 28.8 Å². The molecular formula is C10H15N5O. The van der Waals surface area contributed by atoms with Gasteiger partial charge >= 0.3 is 0 Å². The van der Waals surface area contributed by atoms with Gasteiger partial charge in [-0.25, -0.2) is 0 Å². The van der Waals surface area contributed by atoms with Crippen LogP contribution >= 0.6 is 0 Å². The topological polar surface area (TPSA) is 68.8 Å². The van der Waals surface area contributed by atoms with E-state index in [-0.39, 0.29) is 0 Å². The second kappa shape index (κ2) is 4.44. The predicted octanol–water partition coefficient (Wildman–Crippen LogP) is 0.308. The van der Waals surface area contributed by atoms with Crippen molar-refractivity contribution in [2.45, 2.75) is 26.0 Å². The van der Waals surface area contributed by atoms with Gasteiger partial charge in [0.2, 0.25) is 0 Å². The smallest absolute Gasteiger partial charge is 0.0877 e. The molecule has 1 N–H and O–H groups in total. The third-order valence-corrected chi connectivity index (χ3v) is 2.41. The van der Waals surface area contributed by atoms with Gasteiger partial charge < -0.3 is 5.11 Å². The molecule has 0 saturated heterocycles. The molecular weight excluding hydrogens is 206 g/mol. The minimum absolute atomic E-state index is 0.462. The van der Waals surface area contributed by atoms with Crippen molar-refractivity contribution in [3.05, 3.63) is 29.8 Å². The van der Waals surface area contributed by atoms with Gasteiger partial charge in [0.25, 0.3) is 0 Å². The van der Waals surface area contributed by atoms with Gasteiger partial charge in [-0.2, -0.15) is 5.10 Å². The highest BCUT2D eigenvalue weighted by Gasteiger charge is 2.12. The van der Waals surface area contributed by atoms with Gasteiger partial charge in [0.15, 0.2) is 0 Å². The standard InChI is InChI=1S/C10H15N5O/c1-3-15-6-8(5-11-15)10(16)4-9-7-14(2)13-12-9/h5-7,10,16H,3-4H2,1-2H3. The SMILES string of the molecule is CCn1cc(C(O)Cc2cn(C)nn2)cn1. The second-order valence-electron chi connectivity index (χ2n) is 3.73. The Hall–Kier alpha value is -1.69. The number of aryl methyl sites for hydroxylation is 2. The Balaban J connectivity index is 2.05. The largest absolute Gasteiger partial charge is 0.388 e. The number of aliphatic hydroxyl groups is 1. The fourth-order valence-electron chi connectivity index (χ4n) is 1.53. The fraction of sp³-hybridized carbons (Fsp3) is 0.500. The Bertz CT molecular complexity index is 461. The Morgan fingerprint density at radius 3 is 2.81 bits per heavy atom. The van der Waals surface area contributed by atoms with Crippen molar-refractivity contribution >= 4 is 0 Å². The summed E-state index contributed by atoms with van der Waals surface area (Å²) in [5.41, 5.74) is 1.59. The van der Waals surface area contributed by atoms with Gasteiger partial charge in [-0.1, -0.05) is 5.21 Å². The number of rotatable bonds is 4. The summed E-state index contributed by atoms with van der Waals surface area (Å²) in [7, 11) is 1.80. The zero-order valence-electron chi connectivity index (χ0n) is 9.41. The summed E-state index contributed by atoms with van der Waals surface area (Å²) in [6.07, 6.45) is 5.22. The molecule has 16 heavy (non-hydrogen) atoms. The monoisotopic (exact) mass is 221 g/mol. The van der Waals surface area contributed by atoms with Gasteiger partial charge in [-0.15, -0.1) is 5.10 Å². The van der Waals surface area contributed by atoms with Gasteiger partial charge in [0, 0.05) is 38.0 Å². The third kappa shape index (κ3) is 2.27. The number of hydrogen-bond acceptors (Lipinski definition) is 4. The molecule has 2 aromatic rings. The highest BCUT2D eigenvalue weighted by atomic mass is 16.3. The van der Waals surface area contributed by atoms with Crippen LogP contribution in [0.25, 0.3) is 0 Å². The van der Waals surface area contributed by atoms with E-state index in [0.29, 0.717) is 6.42 Å². The molecule has 0 radical (unpaired) electrons. The van der Waals surface area contributed by atoms with Crippen LogP contribution in [-0.4, -0.2) is 29.9 Å². The Labute approximate surface area is 93.5 Å². The lowest BCUT2D eigenvalue weighted by Crippen LogP contribution is -2.01. The summed E-state index contributed by atoms with van der Waals surface area (Å²) in [6, 6.07) is 0. The zero-order valence-corrected chi connectivity index (χ0v) is 9.41. The molecule has 2 rings (SSSR count). The maximum absolute atomic E-state index is 9.96. The van der Waals surface area contributed by atoms with Crippen molar-refractivity contribution in [2.24, 2.45) is 7.05 Å². The van der Waals surface area contributed by atoms with E-state index in [4.69, 9.17) is 0 Å². The molecule has 0 aromatic carbocycles. The summed E-state index contributed by atoms with van der Waals surface area (Å²) < 4.78 is 3.41. The molecule has 0 spiro atoms. The Morgan fingerprint density at radius 1 is 1.44 bits per heavy atom. The number of hydrogen-bond donors (Lipinski definition) is 1. The molecule has 0 aliphatic heterocycles. The maximum Gasteiger partial charge on any atom is 0.0877 e. The van der Waals surface area contributed by atoms with Crippen molar-refractivity contribution in [2.75, 3.05) is 0 Å². The van der Waals surface area contributed by atoms with Crippen molar-refractivity contribution in [3.8, 4) is 0 Å². The lowest BCUT2D eigenvalue weighted by Gasteiger charge is -2.04. The quantitative estimate of drug-likeness (QED) is 0.806. The molecule has 86 valence electrons. The highest BCUT2D eigenvalue weighted by molar-refractivity contribution is 5.11. The molecule has 0 bridgehead atoms. The first kappa shape index (κ1) is 10.8. The van der Waals surface area contributed by atoms with E-state index < -0.39 is 6.10 Å². The Kier molecular flexibility index (Phi) is 3.00. The van der Waals surface area contributed by atoms with Gasteiger partial charge in [0.05, 0.1) is 18.0 Å². The third-order valence-electron chi connectivity index (χ3n) is 2.41. The lowest BCUT2D eigenvalue weighted by atomic mass is 10.1. The molecule has 0 amide bonds. The molecule has 2 heterocycles. The normalized spacial score (nSPS) is 12.9. The minimum atomic E-state index is -0.572. The maximum atomic E-state index is 9.96. The van der Waals surface area contributed by atoms with Crippen LogP contribution in [0.3, 0.4) is 0 Å². The second-order valence-corrected chi connectivity index (χ2v) is 3.73. The van der Waals surface area contributed by atoms with E-state index >= 15 is 0 Å². The van der Waals surface area contributed by atoms with Crippen LogP contribution in [0.5, 0.6) is 0 Å². The lowest BCUT2D eigenvalue weighted by molar-refractivity contribution is 0.177. The average molecular weight is 221 g/mol. The van der Waals surface area contributed by atoms with Crippen LogP contribution in [-0.2, 0) is 20.0 Å². The molecule has 0 fully saturated rings. The predicted molar refractivity (Wildman–Crippen MR) is 57.6 cm³/mol. The molecule has 0 saturated carbocycles. The van der Waals surface area contributed by atoms with Crippen LogP contribution in [0.4, 0.5) is 0 Å². The zero-order chi connectivity index (χ0) is 11.5. The summed E-state index contributed by atoms with van der Waals surface area (Å²) in [6.45, 7) is 2.81. The average Bonchev–Trinajstić information content (AvgIpc) is 2.87. The first-order valence-electron chi connectivity index (χ1n) is 5.24. The molecule has 1 unspecified atom stereocenters. The van der Waals surface area contributed by atoms with E-state index in [2.05, 4.69) is 15.4 Å². The van der Waals surface area contributed by atoms with Crippen LogP contribution in [0, 0.1) is 0 Å². The number of nitrogens with zero attached hydrogens (tertiary/aromatic N) is 5. The number of aliphatic hydroxyl groups excluding tert-OH is 1. The molecule has 6 heteroatoms. The summed E-state index contributed by atoms with van der Waals surface area (Å²) in [5, 5.41) is 21.8. The molecule has 2 aromatic heterocycles. The van der Waals surface area contributed by atoms with E-state index in [1.165, 1.54) is 0 Å². The summed E-state index contributed by atoms with van der Waals surface area (Å²) >= 11 is 0. The molecule has 1 atom stereocenters. The van der Waals surface area contributed by atoms with Crippen molar-refractivity contribution in [1.82, 2.24) is 24.8 Å². The minimum Gasteiger partial charge on any atom is -0.388 e. The fourth-order valence-corrected chi connectivity index (χ4v) is 1.53. The van der Waals surface area contributed by atoms with Crippen LogP contribution in [0.2, 0.25) is 0 Å². The summed E-state index contributed by atoms with van der Waals surface area (Å²) in [4.78, 5) is 0. The Morgan fingerprint density at radius 2 is 2.25 bits per heavy atom. The van der Waals surface area contributed by atoms with Gasteiger partial charge in [0.1, 0.15) is 0 Å². The summed E-state index contributed by atoms with van der Waals surface area (Å²) in [5.74, 6) is 0. The first-order chi connectivity index (χ1) is 7.69. The molecule has 0 aliphatic rings. The van der Waals surface area contributed by atoms with Crippen LogP contribution in [0.15, 0.2) is 18.6 Å². The van der Waals surface area contributed by atoms with Crippen LogP contribution < -0.4 is 0 Å². The van der Waals surface area contributed by atoms with Crippen LogP contribution in [0.1, 0.15) is 24.3 Å². The van der Waals surface area contributed by atoms with Gasteiger partial charge in [-0.05, 0) is 6.92 Å². The van der Waals surface area contributed by atoms with E-state index in [9.17, 15) is 5.11 Å². The highest BCUT2D eigenvalue weighted by Crippen LogP contribution is 2.15. The first-order valence-corrected chi connectivity index (χ1v) is 5.24. The molecule has 0 aliphatic carbocycles. The van der Waals surface area contributed by atoms with Crippen molar-refractivity contribution in [1.29, 1.82) is 0 Å². The number of aromatic nitrogens is 5. The molecule has 6 nitrogen and oxygen atoms in total. The van der Waals surface area contributed by atoms with Gasteiger partial charge in [-0.3, -0.25) is 9.36 Å². The van der Waals surface area contributed by atoms with Crippen molar-refractivity contribution in [3.63, 3.8) is 0 Å². The van der Waals surface area contributed by atoms with E-state index in [0.717, 1.165) is 17.8 Å².